The molecule has 182 valence electrons. The standard InChI is InChI=1S/C23H25F3N4O3S/c1-12(15-5-4-6-16(19(15)24)20(25)26)27-21-18-11-17(14-7-9-34(31,32)10-8-14)23(33-3)30-22(18)29-13(2)28-21/h4-6,11-12,14,20H,7-10H2,1-3H3,(H,27,28,29,30)/t12-/m1/s1. The maximum atomic E-state index is 14.7. The van der Waals surface area contributed by atoms with Crippen LogP contribution in [-0.4, -0.2) is 42.0 Å². The Morgan fingerprint density at radius 3 is 2.44 bits per heavy atom. The summed E-state index contributed by atoms with van der Waals surface area (Å²) >= 11 is 0. The molecule has 0 unspecified atom stereocenters. The van der Waals surface area contributed by atoms with E-state index in [9.17, 15) is 21.6 Å². The van der Waals surface area contributed by atoms with Gasteiger partial charge in [-0.2, -0.15) is 4.98 Å². The van der Waals surface area contributed by atoms with E-state index in [4.69, 9.17) is 4.74 Å². The Labute approximate surface area is 195 Å². The average molecular weight is 495 g/mol. The molecule has 1 aliphatic heterocycles. The fourth-order valence-corrected chi connectivity index (χ4v) is 5.78. The molecule has 1 aromatic carbocycles. The lowest BCUT2D eigenvalue weighted by Crippen LogP contribution is -2.22. The SMILES string of the molecule is COc1nc2nc(C)nc(N[C@H](C)c3cccc(C(F)F)c3F)c2cc1C1CCS(=O)(=O)CC1. The summed E-state index contributed by atoms with van der Waals surface area (Å²) in [5.41, 5.74) is 0.532. The lowest BCUT2D eigenvalue weighted by Gasteiger charge is -2.24. The third-order valence-corrected chi connectivity index (χ3v) is 7.81. The monoisotopic (exact) mass is 494 g/mol. The van der Waals surface area contributed by atoms with Crippen molar-refractivity contribution in [3.05, 3.63) is 52.6 Å². The van der Waals surface area contributed by atoms with Crippen LogP contribution in [0.25, 0.3) is 11.0 Å². The van der Waals surface area contributed by atoms with Crippen molar-refractivity contribution < 1.29 is 26.3 Å². The number of anilines is 1. The van der Waals surface area contributed by atoms with Crippen molar-refractivity contribution in [1.82, 2.24) is 15.0 Å². The van der Waals surface area contributed by atoms with Gasteiger partial charge in [-0.15, -0.1) is 0 Å². The van der Waals surface area contributed by atoms with Crippen LogP contribution >= 0.6 is 0 Å². The number of benzene rings is 1. The van der Waals surface area contributed by atoms with Crippen LogP contribution in [0.5, 0.6) is 5.88 Å². The molecule has 0 bridgehead atoms. The molecule has 2 aromatic heterocycles. The predicted octanol–water partition coefficient (Wildman–Crippen LogP) is 4.88. The molecule has 1 saturated heterocycles. The van der Waals surface area contributed by atoms with E-state index in [2.05, 4.69) is 20.3 Å². The molecule has 3 heterocycles. The van der Waals surface area contributed by atoms with Crippen molar-refractivity contribution in [2.45, 2.75) is 45.1 Å². The Balaban J connectivity index is 1.75. The van der Waals surface area contributed by atoms with Crippen LogP contribution in [0.4, 0.5) is 19.0 Å². The Hall–Kier alpha value is -2.95. The van der Waals surface area contributed by atoms with E-state index in [-0.39, 0.29) is 23.0 Å². The quantitative estimate of drug-likeness (QED) is 0.522. The summed E-state index contributed by atoms with van der Waals surface area (Å²) in [5, 5.41) is 3.67. The van der Waals surface area contributed by atoms with Crippen LogP contribution in [0, 0.1) is 12.7 Å². The van der Waals surface area contributed by atoms with Crippen LogP contribution in [0.3, 0.4) is 0 Å². The van der Waals surface area contributed by atoms with Gasteiger partial charge in [0.25, 0.3) is 6.43 Å². The van der Waals surface area contributed by atoms with Crippen LogP contribution < -0.4 is 10.1 Å². The minimum atomic E-state index is -3.05. The molecule has 1 aliphatic rings. The molecule has 1 fully saturated rings. The van der Waals surface area contributed by atoms with Crippen molar-refractivity contribution in [2.75, 3.05) is 23.9 Å². The van der Waals surface area contributed by atoms with Crippen molar-refractivity contribution >= 4 is 26.7 Å². The summed E-state index contributed by atoms with van der Waals surface area (Å²) in [4.78, 5) is 13.4. The number of nitrogens with zero attached hydrogens (tertiary/aromatic N) is 3. The molecule has 3 aromatic rings. The topological polar surface area (TPSA) is 94.1 Å². The molecule has 0 amide bonds. The maximum absolute atomic E-state index is 14.7. The Kier molecular flexibility index (Phi) is 6.66. The number of sulfone groups is 1. The zero-order valence-corrected chi connectivity index (χ0v) is 19.8. The average Bonchev–Trinajstić information content (AvgIpc) is 2.78. The summed E-state index contributed by atoms with van der Waals surface area (Å²) < 4.78 is 70.3. The van der Waals surface area contributed by atoms with Gasteiger partial charge in [0.05, 0.1) is 35.6 Å². The van der Waals surface area contributed by atoms with Gasteiger partial charge in [0.15, 0.2) is 5.65 Å². The predicted molar refractivity (Wildman–Crippen MR) is 123 cm³/mol. The molecule has 4 rings (SSSR count). The number of ether oxygens (including phenoxy) is 1. The van der Waals surface area contributed by atoms with E-state index in [0.29, 0.717) is 41.4 Å². The van der Waals surface area contributed by atoms with Crippen molar-refractivity contribution in [3.63, 3.8) is 0 Å². The van der Waals surface area contributed by atoms with Gasteiger partial charge in [0, 0.05) is 11.1 Å². The first-order valence-corrected chi connectivity index (χ1v) is 12.7. The molecular formula is C23H25F3N4O3S. The number of hydrogen-bond donors (Lipinski definition) is 1. The van der Waals surface area contributed by atoms with Crippen molar-refractivity contribution in [2.24, 2.45) is 0 Å². The third-order valence-electron chi connectivity index (χ3n) is 6.09. The lowest BCUT2D eigenvalue weighted by molar-refractivity contribution is 0.146. The number of rotatable bonds is 6. The van der Waals surface area contributed by atoms with E-state index < -0.39 is 33.7 Å². The molecule has 0 aliphatic carbocycles. The minimum Gasteiger partial charge on any atom is -0.481 e. The zero-order chi connectivity index (χ0) is 24.6. The molecule has 11 heteroatoms. The first kappa shape index (κ1) is 24.2. The van der Waals surface area contributed by atoms with Crippen LogP contribution in [0.1, 0.15) is 60.7 Å². The van der Waals surface area contributed by atoms with Crippen molar-refractivity contribution in [3.8, 4) is 5.88 Å². The summed E-state index contributed by atoms with van der Waals surface area (Å²) in [6.45, 7) is 3.34. The lowest BCUT2D eigenvalue weighted by atomic mass is 9.93. The van der Waals surface area contributed by atoms with E-state index >= 15 is 0 Å². The number of nitrogens with one attached hydrogen (secondary N) is 1. The Morgan fingerprint density at radius 1 is 1.12 bits per heavy atom. The molecular weight excluding hydrogens is 469 g/mol. The fraction of sp³-hybridized carbons (Fsp3) is 0.435. The van der Waals surface area contributed by atoms with Gasteiger partial charge in [-0.25, -0.2) is 31.6 Å². The highest BCUT2D eigenvalue weighted by molar-refractivity contribution is 7.91. The molecule has 1 N–H and O–H groups in total. The maximum Gasteiger partial charge on any atom is 0.266 e. The number of fused-ring (bicyclic) bond motifs is 1. The second-order valence-corrected chi connectivity index (χ2v) is 10.7. The summed E-state index contributed by atoms with van der Waals surface area (Å²) in [7, 11) is -1.56. The number of hydrogen-bond acceptors (Lipinski definition) is 7. The van der Waals surface area contributed by atoms with Crippen LogP contribution in [0.2, 0.25) is 0 Å². The summed E-state index contributed by atoms with van der Waals surface area (Å²) in [6.07, 6.45) is -2.03. The number of halogens is 3. The number of aromatic nitrogens is 3. The van der Waals surface area contributed by atoms with E-state index in [1.807, 2.05) is 6.07 Å². The third kappa shape index (κ3) is 4.79. The fourth-order valence-electron chi connectivity index (χ4n) is 4.28. The van der Waals surface area contributed by atoms with Gasteiger partial charge in [-0.1, -0.05) is 18.2 Å². The second-order valence-electron chi connectivity index (χ2n) is 8.42. The van der Waals surface area contributed by atoms with Gasteiger partial charge < -0.3 is 10.1 Å². The molecule has 7 nitrogen and oxygen atoms in total. The highest BCUT2D eigenvalue weighted by Crippen LogP contribution is 2.37. The van der Waals surface area contributed by atoms with Crippen LogP contribution in [-0.2, 0) is 9.84 Å². The first-order chi connectivity index (χ1) is 16.1. The van der Waals surface area contributed by atoms with Gasteiger partial charge in [-0.05, 0) is 38.7 Å². The van der Waals surface area contributed by atoms with Gasteiger partial charge in [-0.3, -0.25) is 0 Å². The zero-order valence-electron chi connectivity index (χ0n) is 19.0. The second kappa shape index (κ2) is 9.36. The van der Waals surface area contributed by atoms with E-state index in [1.54, 1.807) is 13.8 Å². The van der Waals surface area contributed by atoms with Gasteiger partial charge in [0.1, 0.15) is 27.3 Å². The van der Waals surface area contributed by atoms with Gasteiger partial charge in [0.2, 0.25) is 5.88 Å². The highest BCUT2D eigenvalue weighted by atomic mass is 32.2. The number of aryl methyl sites for hydroxylation is 1. The smallest absolute Gasteiger partial charge is 0.266 e. The van der Waals surface area contributed by atoms with Crippen LogP contribution in [0.15, 0.2) is 24.3 Å². The highest BCUT2D eigenvalue weighted by Gasteiger charge is 2.28. The number of methoxy groups -OCH3 is 1. The minimum absolute atomic E-state index is 0.0675. The number of alkyl halides is 2. The summed E-state index contributed by atoms with van der Waals surface area (Å²) in [6, 6.07) is 5.05. The first-order valence-electron chi connectivity index (χ1n) is 10.9. The largest absolute Gasteiger partial charge is 0.481 e. The van der Waals surface area contributed by atoms with Crippen molar-refractivity contribution in [1.29, 1.82) is 0 Å². The molecule has 34 heavy (non-hydrogen) atoms. The van der Waals surface area contributed by atoms with E-state index in [1.165, 1.54) is 19.2 Å². The normalized spacial score (nSPS) is 17.1. The van der Waals surface area contributed by atoms with Gasteiger partial charge >= 0.3 is 0 Å². The summed E-state index contributed by atoms with van der Waals surface area (Å²) in [5.74, 6) is 0.297. The Bertz CT molecular complexity index is 1320. The van der Waals surface area contributed by atoms with E-state index in [0.717, 1.165) is 11.6 Å². The molecule has 0 radical (unpaired) electrons. The molecule has 0 spiro atoms. The molecule has 0 saturated carbocycles. The Morgan fingerprint density at radius 2 is 1.79 bits per heavy atom. The number of pyridine rings is 1. The molecule has 1 atom stereocenters.